The van der Waals surface area contributed by atoms with Crippen molar-refractivity contribution in [2.24, 2.45) is 0 Å². The highest BCUT2D eigenvalue weighted by atomic mass is 32.2. The van der Waals surface area contributed by atoms with E-state index in [-0.39, 0.29) is 5.56 Å². The van der Waals surface area contributed by atoms with Crippen LogP contribution in [-0.2, 0) is 12.3 Å². The van der Waals surface area contributed by atoms with Crippen LogP contribution >= 0.6 is 11.8 Å². The van der Waals surface area contributed by atoms with Crippen molar-refractivity contribution in [3.8, 4) is 6.07 Å². The Bertz CT molecular complexity index is 617. The lowest BCUT2D eigenvalue weighted by Crippen LogP contribution is -2.04. The maximum Gasteiger partial charge on any atom is 0.144 e. The van der Waals surface area contributed by atoms with Gasteiger partial charge in [-0.15, -0.1) is 11.8 Å². The van der Waals surface area contributed by atoms with Gasteiger partial charge < -0.3 is 5.32 Å². The van der Waals surface area contributed by atoms with Crippen LogP contribution in [0.2, 0.25) is 0 Å². The van der Waals surface area contributed by atoms with Crippen LogP contribution in [-0.4, -0.2) is 7.05 Å². The predicted octanol–water partition coefficient (Wildman–Crippen LogP) is 3.71. The molecule has 0 heterocycles. The second kappa shape index (κ2) is 7.09. The standard InChI is InChI=1S/C16H15FN2S/c1-19-10-12-5-7-15(8-6-12)20-11-14-4-2-3-13(9-18)16(14)17/h2-8,19H,10-11H2,1H3. The molecule has 0 spiro atoms. The number of rotatable bonds is 5. The number of halogens is 1. The van der Waals surface area contributed by atoms with Crippen LogP contribution in [0.4, 0.5) is 4.39 Å². The lowest BCUT2D eigenvalue weighted by molar-refractivity contribution is 0.613. The summed E-state index contributed by atoms with van der Waals surface area (Å²) in [6.07, 6.45) is 0. The summed E-state index contributed by atoms with van der Waals surface area (Å²) >= 11 is 1.56. The highest BCUT2D eigenvalue weighted by Gasteiger charge is 2.07. The van der Waals surface area contributed by atoms with E-state index in [0.717, 1.165) is 11.4 Å². The smallest absolute Gasteiger partial charge is 0.144 e. The molecule has 0 bridgehead atoms. The van der Waals surface area contributed by atoms with Crippen molar-refractivity contribution in [2.75, 3.05) is 7.05 Å². The van der Waals surface area contributed by atoms with Gasteiger partial charge in [-0.2, -0.15) is 5.26 Å². The molecular weight excluding hydrogens is 271 g/mol. The molecule has 0 saturated heterocycles. The van der Waals surface area contributed by atoms with Crippen molar-refractivity contribution >= 4 is 11.8 Å². The van der Waals surface area contributed by atoms with E-state index >= 15 is 0 Å². The summed E-state index contributed by atoms with van der Waals surface area (Å²) in [7, 11) is 1.91. The molecule has 2 aromatic carbocycles. The summed E-state index contributed by atoms with van der Waals surface area (Å²) in [5.74, 6) is 0.113. The minimum atomic E-state index is -0.408. The Labute approximate surface area is 122 Å². The summed E-state index contributed by atoms with van der Waals surface area (Å²) in [5, 5.41) is 11.9. The highest BCUT2D eigenvalue weighted by molar-refractivity contribution is 7.98. The molecule has 2 aromatic rings. The zero-order valence-electron chi connectivity index (χ0n) is 11.2. The average Bonchev–Trinajstić information content (AvgIpc) is 2.48. The highest BCUT2D eigenvalue weighted by Crippen LogP contribution is 2.25. The van der Waals surface area contributed by atoms with Crippen molar-refractivity contribution in [3.05, 3.63) is 65.0 Å². The Kier molecular flexibility index (Phi) is 5.16. The Morgan fingerprint density at radius 3 is 2.60 bits per heavy atom. The second-order valence-corrected chi connectivity index (χ2v) is 5.40. The third-order valence-corrected chi connectivity index (χ3v) is 3.96. The molecule has 0 amide bonds. The van der Waals surface area contributed by atoms with Gasteiger partial charge in [0.1, 0.15) is 11.9 Å². The van der Waals surface area contributed by atoms with Crippen molar-refractivity contribution in [3.63, 3.8) is 0 Å². The zero-order chi connectivity index (χ0) is 14.4. The van der Waals surface area contributed by atoms with E-state index in [0.29, 0.717) is 11.3 Å². The number of nitrogens with zero attached hydrogens (tertiary/aromatic N) is 1. The van der Waals surface area contributed by atoms with Crippen LogP contribution in [0.15, 0.2) is 47.4 Å². The maximum absolute atomic E-state index is 13.9. The lowest BCUT2D eigenvalue weighted by Gasteiger charge is -2.06. The van der Waals surface area contributed by atoms with Gasteiger partial charge >= 0.3 is 0 Å². The Hall–Kier alpha value is -1.83. The molecule has 0 aromatic heterocycles. The second-order valence-electron chi connectivity index (χ2n) is 4.35. The molecule has 0 radical (unpaired) electrons. The van der Waals surface area contributed by atoms with Crippen molar-refractivity contribution in [1.29, 1.82) is 5.26 Å². The lowest BCUT2D eigenvalue weighted by atomic mass is 10.1. The van der Waals surface area contributed by atoms with E-state index in [1.54, 1.807) is 23.9 Å². The molecule has 20 heavy (non-hydrogen) atoms. The van der Waals surface area contributed by atoms with E-state index < -0.39 is 5.82 Å². The van der Waals surface area contributed by atoms with Crippen molar-refractivity contribution < 1.29 is 4.39 Å². The monoisotopic (exact) mass is 286 g/mol. The molecule has 0 fully saturated rings. The van der Waals surface area contributed by atoms with Gasteiger partial charge in [0.2, 0.25) is 0 Å². The number of hydrogen-bond acceptors (Lipinski definition) is 3. The summed E-state index contributed by atoms with van der Waals surface area (Å²) in [6, 6.07) is 15.0. The number of thioether (sulfide) groups is 1. The molecule has 0 atom stereocenters. The number of benzene rings is 2. The number of nitrogens with one attached hydrogen (secondary N) is 1. The van der Waals surface area contributed by atoms with Crippen LogP contribution in [0.5, 0.6) is 0 Å². The van der Waals surface area contributed by atoms with Crippen LogP contribution in [0.1, 0.15) is 16.7 Å². The molecule has 0 unspecified atom stereocenters. The van der Waals surface area contributed by atoms with Gasteiger partial charge in [0.05, 0.1) is 5.56 Å². The van der Waals surface area contributed by atoms with Crippen LogP contribution in [0.3, 0.4) is 0 Å². The summed E-state index contributed by atoms with van der Waals surface area (Å²) in [6.45, 7) is 0.837. The van der Waals surface area contributed by atoms with Gasteiger partial charge in [0.15, 0.2) is 0 Å². The molecule has 0 aliphatic rings. The molecule has 1 N–H and O–H groups in total. The molecule has 0 saturated carbocycles. The van der Waals surface area contributed by atoms with Gasteiger partial charge in [0, 0.05) is 17.2 Å². The van der Waals surface area contributed by atoms with Crippen LogP contribution < -0.4 is 5.32 Å². The summed E-state index contributed by atoms with van der Waals surface area (Å²) in [5.41, 5.74) is 1.88. The summed E-state index contributed by atoms with van der Waals surface area (Å²) in [4.78, 5) is 1.09. The van der Waals surface area contributed by atoms with E-state index in [1.807, 2.05) is 25.2 Å². The minimum absolute atomic E-state index is 0.104. The molecule has 102 valence electrons. The van der Waals surface area contributed by atoms with Gasteiger partial charge in [-0.25, -0.2) is 4.39 Å². The maximum atomic E-state index is 13.9. The first-order chi connectivity index (χ1) is 9.74. The van der Waals surface area contributed by atoms with Gasteiger partial charge in [-0.05, 0) is 36.4 Å². The van der Waals surface area contributed by atoms with Crippen LogP contribution in [0, 0.1) is 17.1 Å². The fraction of sp³-hybridized carbons (Fsp3) is 0.188. The van der Waals surface area contributed by atoms with Gasteiger partial charge in [0.25, 0.3) is 0 Å². The molecule has 2 nitrogen and oxygen atoms in total. The predicted molar refractivity (Wildman–Crippen MR) is 79.9 cm³/mol. The fourth-order valence-corrected chi connectivity index (χ4v) is 2.72. The fourth-order valence-electron chi connectivity index (χ4n) is 1.85. The third kappa shape index (κ3) is 3.60. The molecule has 0 aliphatic heterocycles. The van der Waals surface area contributed by atoms with Crippen molar-refractivity contribution in [1.82, 2.24) is 5.32 Å². The quantitative estimate of drug-likeness (QED) is 0.851. The van der Waals surface area contributed by atoms with Crippen LogP contribution in [0.25, 0.3) is 0 Å². The Morgan fingerprint density at radius 2 is 1.95 bits per heavy atom. The van der Waals surface area contributed by atoms with E-state index in [9.17, 15) is 4.39 Å². The van der Waals surface area contributed by atoms with E-state index in [2.05, 4.69) is 17.4 Å². The zero-order valence-corrected chi connectivity index (χ0v) is 12.0. The molecule has 2 rings (SSSR count). The first kappa shape index (κ1) is 14.6. The SMILES string of the molecule is CNCc1ccc(SCc2cccc(C#N)c2F)cc1. The third-order valence-electron chi connectivity index (χ3n) is 2.90. The average molecular weight is 286 g/mol. The van der Waals surface area contributed by atoms with Gasteiger partial charge in [-0.3, -0.25) is 0 Å². The molecule has 4 heteroatoms. The summed E-state index contributed by atoms with van der Waals surface area (Å²) < 4.78 is 13.9. The first-order valence-electron chi connectivity index (χ1n) is 6.28. The van der Waals surface area contributed by atoms with Gasteiger partial charge in [-0.1, -0.05) is 24.3 Å². The largest absolute Gasteiger partial charge is 0.316 e. The Morgan fingerprint density at radius 1 is 1.20 bits per heavy atom. The van der Waals surface area contributed by atoms with Crippen molar-refractivity contribution in [2.45, 2.75) is 17.2 Å². The molecular formula is C16H15FN2S. The van der Waals surface area contributed by atoms with E-state index in [1.165, 1.54) is 11.6 Å². The Balaban J connectivity index is 2.04. The first-order valence-corrected chi connectivity index (χ1v) is 7.27. The normalized spacial score (nSPS) is 10.2. The number of nitriles is 1. The minimum Gasteiger partial charge on any atom is -0.316 e. The van der Waals surface area contributed by atoms with E-state index in [4.69, 9.17) is 5.26 Å². The number of hydrogen-bond donors (Lipinski definition) is 1. The molecule has 0 aliphatic carbocycles. The topological polar surface area (TPSA) is 35.8 Å².